The van der Waals surface area contributed by atoms with Crippen molar-refractivity contribution in [3.05, 3.63) is 108 Å². The number of rotatable bonds is 20. The fourth-order valence-corrected chi connectivity index (χ4v) is 12.8. The number of benzene rings is 3. The first-order valence-corrected chi connectivity index (χ1v) is 23.2. The van der Waals surface area contributed by atoms with Gasteiger partial charge in [-0.1, -0.05) is 126 Å². The summed E-state index contributed by atoms with van der Waals surface area (Å²) in [5.41, 5.74) is 4.25. The summed E-state index contributed by atoms with van der Waals surface area (Å²) in [6, 6.07) is 27.6. The highest BCUT2D eigenvalue weighted by atomic mass is 32.1. The lowest BCUT2D eigenvalue weighted by atomic mass is 9.85. The minimum atomic E-state index is -2.61. The lowest BCUT2D eigenvalue weighted by Gasteiger charge is -2.43. The molecule has 2 atom stereocenters. The van der Waals surface area contributed by atoms with Gasteiger partial charge >= 0.3 is 0 Å². The number of hydrogen-bond donors (Lipinski definition) is 2. The van der Waals surface area contributed by atoms with E-state index in [-0.39, 0.29) is 36.7 Å². The molecule has 1 saturated heterocycles. The van der Waals surface area contributed by atoms with E-state index in [4.69, 9.17) is 18.6 Å². The van der Waals surface area contributed by atoms with Crippen LogP contribution in [0.15, 0.2) is 90.4 Å². The van der Waals surface area contributed by atoms with Crippen LogP contribution < -0.4 is 21.0 Å². The summed E-state index contributed by atoms with van der Waals surface area (Å²) in [6.45, 7) is 17.0. The van der Waals surface area contributed by atoms with Gasteiger partial charge in [-0.25, -0.2) is 4.98 Å². The number of nitrogens with one attached hydrogen (secondary N) is 2. The number of ether oxygens (including phenoxy) is 3. The molecule has 1 aliphatic rings. The maximum atomic E-state index is 13.9. The highest BCUT2D eigenvalue weighted by molar-refractivity contribution is 7.13. The number of likely N-dealkylation sites (tertiary alicyclic amines) is 1. The summed E-state index contributed by atoms with van der Waals surface area (Å²) < 4.78 is 24.0. The van der Waals surface area contributed by atoms with Crippen LogP contribution in [-0.2, 0) is 39.6 Å². The summed E-state index contributed by atoms with van der Waals surface area (Å²) in [4.78, 5) is 47.2. The van der Waals surface area contributed by atoms with Crippen LogP contribution in [0, 0.1) is 18.8 Å². The number of carbonyl (C=O) groups is 3. The second-order valence-corrected chi connectivity index (χ2v) is 22.0. The van der Waals surface area contributed by atoms with Crippen LogP contribution >= 0.6 is 11.3 Å². The topological polar surface area (TPSA) is 128 Å². The number of nitrogens with zero attached hydrogens (tertiary/aromatic N) is 2. The van der Waals surface area contributed by atoms with Crippen LogP contribution in [0.1, 0.15) is 59.2 Å². The molecule has 1 fully saturated rings. The quantitative estimate of drug-likeness (QED) is 0.0858. The van der Waals surface area contributed by atoms with Crippen LogP contribution in [0.25, 0.3) is 10.4 Å². The molecule has 13 heteroatoms. The maximum Gasteiger partial charge on any atom is 0.261 e. The van der Waals surface area contributed by atoms with Gasteiger partial charge in [0.05, 0.1) is 55.7 Å². The summed E-state index contributed by atoms with van der Waals surface area (Å²) >= 11 is 1.60. The zero-order chi connectivity index (χ0) is 42.5. The van der Waals surface area contributed by atoms with E-state index >= 15 is 0 Å². The minimum Gasteiger partial charge on any atom is -0.405 e. The number of hydrogen-bond acceptors (Lipinski definition) is 9. The van der Waals surface area contributed by atoms with Crippen molar-refractivity contribution >= 4 is 47.7 Å². The van der Waals surface area contributed by atoms with Gasteiger partial charge in [0.25, 0.3) is 8.32 Å². The van der Waals surface area contributed by atoms with E-state index in [1.54, 1.807) is 16.2 Å². The molecule has 0 unspecified atom stereocenters. The van der Waals surface area contributed by atoms with Gasteiger partial charge < -0.3 is 34.2 Å². The summed E-state index contributed by atoms with van der Waals surface area (Å²) in [6.07, 6.45) is 2.37. The molecule has 59 heavy (non-hydrogen) atoms. The summed E-state index contributed by atoms with van der Waals surface area (Å²) in [7, 11) is -2.61. The molecule has 0 bridgehead atoms. The van der Waals surface area contributed by atoms with E-state index in [9.17, 15) is 14.4 Å². The van der Waals surface area contributed by atoms with Gasteiger partial charge in [-0.05, 0) is 51.7 Å². The molecule has 2 heterocycles. The third-order valence-electron chi connectivity index (χ3n) is 10.5. The molecule has 0 saturated carbocycles. The number of aromatic nitrogens is 1. The highest BCUT2D eigenvalue weighted by Crippen LogP contribution is 2.36. The Hall–Kier alpha value is -4.24. The molecule has 0 spiro atoms. The van der Waals surface area contributed by atoms with Crippen LogP contribution in [0.3, 0.4) is 0 Å². The van der Waals surface area contributed by atoms with E-state index in [1.807, 2.05) is 76.0 Å². The standard InChI is InChI=1S/C46H61N4O7SSi/c1-34-41(58-33-48-34)36-22-20-35(21-23-36)31-47-43(52)39-19-14-24-50(39)44(53)42(45(2,3)4)49-40(51)32-56-28-27-54-25-26-55-29-30-57-59(46(5,6)7,37-15-10-8-11-16-37)38-17-12-9-13-18-38/h8-18,20-23,33,39,42H,19,24-32H2,1-7H3,(H,47,52)(H,49,51)/t39-,42+/m0/s1. The van der Waals surface area contributed by atoms with Gasteiger partial charge in [-0.3, -0.25) is 14.4 Å². The van der Waals surface area contributed by atoms with E-state index in [0.29, 0.717) is 45.9 Å². The maximum absolute atomic E-state index is 13.9. The smallest absolute Gasteiger partial charge is 0.261 e. The first-order valence-electron chi connectivity index (χ1n) is 20.4. The van der Waals surface area contributed by atoms with Crippen molar-refractivity contribution in [3.63, 3.8) is 0 Å². The van der Waals surface area contributed by atoms with Gasteiger partial charge in [0.15, 0.2) is 0 Å². The zero-order valence-corrected chi connectivity index (χ0v) is 37.4. The van der Waals surface area contributed by atoms with E-state index < -0.39 is 31.7 Å². The van der Waals surface area contributed by atoms with E-state index in [1.165, 1.54) is 10.4 Å². The van der Waals surface area contributed by atoms with Gasteiger partial charge in [-0.15, -0.1) is 11.3 Å². The molecule has 4 aromatic rings. The van der Waals surface area contributed by atoms with Crippen molar-refractivity contribution in [1.29, 1.82) is 0 Å². The Morgan fingerprint density at radius 1 is 0.814 bits per heavy atom. The Morgan fingerprint density at radius 2 is 1.39 bits per heavy atom. The molecule has 3 aromatic carbocycles. The van der Waals surface area contributed by atoms with Crippen molar-refractivity contribution in [2.75, 3.05) is 52.8 Å². The Labute approximate surface area is 355 Å². The molecule has 5 rings (SSSR count). The normalized spacial score (nSPS) is 15.2. The number of carbonyl (C=O) groups excluding carboxylic acids is 3. The molecule has 2 N–H and O–H groups in total. The number of aryl methyl sites for hydroxylation is 1. The predicted octanol–water partition coefficient (Wildman–Crippen LogP) is 5.70. The number of amides is 3. The monoisotopic (exact) mass is 841 g/mol. The fourth-order valence-electron chi connectivity index (χ4n) is 7.42. The molecular formula is C46H61N4O7SSi. The largest absolute Gasteiger partial charge is 0.405 e. The first-order chi connectivity index (χ1) is 28.2. The second kappa shape index (κ2) is 21.3. The first kappa shape index (κ1) is 45.8. The Balaban J connectivity index is 0.998. The SMILES string of the molecule is Cc1ncsc1-c1ccc(CNC(=O)[C@@H]2C[CH]CN2C(=O)[C@@H](NC(=O)COCCOCCOCCO[Si](c2ccccc2)(c2ccccc2)C(C)(C)C)C(C)(C)C)cc1. The Morgan fingerprint density at radius 3 is 1.93 bits per heavy atom. The van der Waals surface area contributed by atoms with Crippen LogP contribution in [0.4, 0.5) is 0 Å². The summed E-state index contributed by atoms with van der Waals surface area (Å²) in [5.74, 6) is -0.946. The lowest BCUT2D eigenvalue weighted by molar-refractivity contribution is -0.144. The van der Waals surface area contributed by atoms with Crippen molar-refractivity contribution in [2.24, 2.45) is 5.41 Å². The summed E-state index contributed by atoms with van der Waals surface area (Å²) in [5, 5.41) is 8.22. The molecule has 11 nitrogen and oxygen atoms in total. The van der Waals surface area contributed by atoms with E-state index in [2.05, 4.69) is 84.9 Å². The predicted molar refractivity (Wildman–Crippen MR) is 236 cm³/mol. The van der Waals surface area contributed by atoms with E-state index in [0.717, 1.165) is 21.7 Å². The molecule has 1 radical (unpaired) electrons. The number of thiazole rings is 1. The zero-order valence-electron chi connectivity index (χ0n) is 35.6. The highest BCUT2D eigenvalue weighted by Gasteiger charge is 2.50. The molecule has 3 amide bonds. The lowest BCUT2D eigenvalue weighted by Crippen LogP contribution is -2.66. The van der Waals surface area contributed by atoms with Crippen LogP contribution in [0.2, 0.25) is 5.04 Å². The fraction of sp³-hybridized carbons (Fsp3) is 0.457. The van der Waals surface area contributed by atoms with Crippen molar-refractivity contribution in [1.82, 2.24) is 20.5 Å². The van der Waals surface area contributed by atoms with Gasteiger partial charge in [-0.2, -0.15) is 0 Å². The van der Waals surface area contributed by atoms with Crippen molar-refractivity contribution in [2.45, 2.75) is 78.6 Å². The van der Waals surface area contributed by atoms with Crippen molar-refractivity contribution < 1.29 is 33.0 Å². The molecule has 1 aromatic heterocycles. The van der Waals surface area contributed by atoms with Gasteiger partial charge in [0, 0.05) is 13.1 Å². The molecular weight excluding hydrogens is 781 g/mol. The second-order valence-electron chi connectivity index (χ2n) is 16.9. The van der Waals surface area contributed by atoms with Crippen molar-refractivity contribution in [3.8, 4) is 10.4 Å². The third-order valence-corrected chi connectivity index (χ3v) is 16.5. The Bertz CT molecular complexity index is 1890. The van der Waals surface area contributed by atoms with Gasteiger partial charge in [0.1, 0.15) is 18.7 Å². The molecule has 1 aliphatic heterocycles. The molecule has 0 aliphatic carbocycles. The average Bonchev–Trinajstić information content (AvgIpc) is 3.89. The van der Waals surface area contributed by atoms with Crippen LogP contribution in [-0.4, -0.2) is 101 Å². The average molecular weight is 842 g/mol. The Kier molecular flexibility index (Phi) is 16.6. The van der Waals surface area contributed by atoms with Crippen LogP contribution in [0.5, 0.6) is 0 Å². The minimum absolute atomic E-state index is 0.107. The molecule has 317 valence electrons. The third kappa shape index (κ3) is 12.2. The van der Waals surface area contributed by atoms with Gasteiger partial charge in [0.2, 0.25) is 17.7 Å².